The highest BCUT2D eigenvalue weighted by molar-refractivity contribution is 9.10. The van der Waals surface area contributed by atoms with E-state index >= 15 is 0 Å². The number of halogens is 1. The Bertz CT molecular complexity index is 618. The van der Waals surface area contributed by atoms with Crippen molar-refractivity contribution in [2.24, 2.45) is 0 Å². The van der Waals surface area contributed by atoms with Gasteiger partial charge >= 0.3 is 0 Å². The molecule has 0 radical (unpaired) electrons. The van der Waals surface area contributed by atoms with Crippen molar-refractivity contribution in [3.8, 4) is 5.75 Å². The molecule has 1 aromatic carbocycles. The highest BCUT2D eigenvalue weighted by Crippen LogP contribution is 2.36. The molecule has 0 bridgehead atoms. The van der Waals surface area contributed by atoms with Gasteiger partial charge < -0.3 is 10.1 Å². The van der Waals surface area contributed by atoms with Crippen molar-refractivity contribution in [2.75, 3.05) is 14.2 Å². The summed E-state index contributed by atoms with van der Waals surface area (Å²) in [6.45, 7) is 0. The molecule has 0 amide bonds. The molecule has 1 atom stereocenters. The molecule has 1 heterocycles. The summed E-state index contributed by atoms with van der Waals surface area (Å²) in [4.78, 5) is 6.35. The third kappa shape index (κ3) is 3.00. The largest absolute Gasteiger partial charge is 0.496 e. The lowest BCUT2D eigenvalue weighted by atomic mass is 10.0. The molecule has 2 aromatic rings. The van der Waals surface area contributed by atoms with Crippen LogP contribution in [0.15, 0.2) is 22.7 Å². The van der Waals surface area contributed by atoms with E-state index in [1.807, 2.05) is 30.5 Å². The molecule has 0 saturated heterocycles. The number of nitrogens with one attached hydrogen (secondary N) is 1. The van der Waals surface area contributed by atoms with E-state index in [4.69, 9.17) is 9.72 Å². The topological polar surface area (TPSA) is 34.2 Å². The molecule has 1 unspecified atom stereocenters. The first-order valence-electron chi connectivity index (χ1n) is 7.22. The Kier molecular flexibility index (Phi) is 4.62. The quantitative estimate of drug-likeness (QED) is 0.884. The van der Waals surface area contributed by atoms with Gasteiger partial charge in [0, 0.05) is 14.9 Å². The Balaban J connectivity index is 2.02. The number of thiazole rings is 1. The lowest BCUT2D eigenvalue weighted by Crippen LogP contribution is -2.18. The van der Waals surface area contributed by atoms with E-state index in [-0.39, 0.29) is 6.04 Å². The molecule has 0 fully saturated rings. The maximum atomic E-state index is 5.52. The Labute approximate surface area is 137 Å². The van der Waals surface area contributed by atoms with Crippen LogP contribution in [-0.4, -0.2) is 19.1 Å². The van der Waals surface area contributed by atoms with Crippen molar-refractivity contribution < 1.29 is 4.74 Å². The van der Waals surface area contributed by atoms with E-state index in [1.165, 1.54) is 29.8 Å². The van der Waals surface area contributed by atoms with E-state index in [1.54, 1.807) is 7.11 Å². The molecule has 5 heteroatoms. The van der Waals surface area contributed by atoms with Gasteiger partial charge in [-0.15, -0.1) is 11.3 Å². The van der Waals surface area contributed by atoms with Crippen molar-refractivity contribution in [3.63, 3.8) is 0 Å². The van der Waals surface area contributed by atoms with E-state index in [0.29, 0.717) is 0 Å². The number of ether oxygens (including phenoxy) is 1. The Morgan fingerprint density at radius 2 is 2.14 bits per heavy atom. The van der Waals surface area contributed by atoms with E-state index in [0.717, 1.165) is 27.2 Å². The fourth-order valence-corrected chi connectivity index (χ4v) is 4.50. The highest BCUT2D eigenvalue weighted by atomic mass is 79.9. The Hall–Kier alpha value is -0.910. The third-order valence-corrected chi connectivity index (χ3v) is 5.62. The van der Waals surface area contributed by atoms with Gasteiger partial charge in [-0.25, -0.2) is 4.98 Å². The molecule has 1 aromatic heterocycles. The fraction of sp³-hybridized carbons (Fsp3) is 0.438. The average molecular weight is 367 g/mol. The maximum Gasteiger partial charge on any atom is 0.124 e. The molecule has 1 aliphatic rings. The zero-order chi connectivity index (χ0) is 14.8. The minimum Gasteiger partial charge on any atom is -0.496 e. The molecular formula is C16H19BrN2OS. The molecule has 3 rings (SSSR count). The number of methoxy groups -OCH3 is 1. The maximum absolute atomic E-state index is 5.52. The normalized spacial score (nSPS) is 15.6. The fourth-order valence-electron chi connectivity index (χ4n) is 2.84. The number of rotatable bonds is 4. The molecule has 1 N–H and O–H groups in total. The molecule has 1 aliphatic carbocycles. The molecular weight excluding hydrogens is 348 g/mol. The summed E-state index contributed by atoms with van der Waals surface area (Å²) in [6.07, 6.45) is 4.86. The first-order valence-corrected chi connectivity index (χ1v) is 8.83. The van der Waals surface area contributed by atoms with Crippen LogP contribution in [0.2, 0.25) is 0 Å². The summed E-state index contributed by atoms with van der Waals surface area (Å²) in [5.41, 5.74) is 2.43. The van der Waals surface area contributed by atoms with Crippen LogP contribution in [0.1, 0.15) is 40.0 Å². The smallest absolute Gasteiger partial charge is 0.124 e. The van der Waals surface area contributed by atoms with Gasteiger partial charge in [0.25, 0.3) is 0 Å². The summed E-state index contributed by atoms with van der Waals surface area (Å²) in [6, 6.07) is 6.19. The van der Waals surface area contributed by atoms with Crippen molar-refractivity contribution >= 4 is 27.3 Å². The van der Waals surface area contributed by atoms with Gasteiger partial charge in [-0.1, -0.05) is 15.9 Å². The van der Waals surface area contributed by atoms with Crippen LogP contribution in [0, 0.1) is 0 Å². The predicted molar refractivity (Wildman–Crippen MR) is 90.4 cm³/mol. The number of benzene rings is 1. The number of aryl methyl sites for hydroxylation is 2. The second-order valence-corrected chi connectivity index (χ2v) is 7.27. The van der Waals surface area contributed by atoms with E-state index in [2.05, 4.69) is 27.3 Å². The van der Waals surface area contributed by atoms with E-state index < -0.39 is 0 Å². The first kappa shape index (κ1) is 15.0. The minimum absolute atomic E-state index is 0.0769. The van der Waals surface area contributed by atoms with Crippen molar-refractivity contribution in [3.05, 3.63) is 43.8 Å². The summed E-state index contributed by atoms with van der Waals surface area (Å²) in [5, 5.41) is 4.53. The highest BCUT2D eigenvalue weighted by Gasteiger charge is 2.23. The second kappa shape index (κ2) is 6.46. The van der Waals surface area contributed by atoms with Gasteiger partial charge in [0.1, 0.15) is 10.8 Å². The molecule has 21 heavy (non-hydrogen) atoms. The zero-order valence-corrected chi connectivity index (χ0v) is 14.7. The van der Waals surface area contributed by atoms with Gasteiger partial charge in [-0.3, -0.25) is 0 Å². The lowest BCUT2D eigenvalue weighted by Gasteiger charge is -2.17. The van der Waals surface area contributed by atoms with E-state index in [9.17, 15) is 0 Å². The molecule has 0 spiro atoms. The number of aromatic nitrogens is 1. The average Bonchev–Trinajstić information content (AvgIpc) is 2.92. The monoisotopic (exact) mass is 366 g/mol. The Morgan fingerprint density at radius 3 is 2.86 bits per heavy atom. The summed E-state index contributed by atoms with van der Waals surface area (Å²) in [7, 11) is 3.69. The number of hydrogen-bond acceptors (Lipinski definition) is 4. The second-order valence-electron chi connectivity index (χ2n) is 5.24. The predicted octanol–water partition coefficient (Wildman–Crippen LogP) is 4.10. The van der Waals surface area contributed by atoms with Crippen LogP contribution in [0.4, 0.5) is 0 Å². The summed E-state index contributed by atoms with van der Waals surface area (Å²) in [5.74, 6) is 0.894. The van der Waals surface area contributed by atoms with Crippen molar-refractivity contribution in [2.45, 2.75) is 31.7 Å². The van der Waals surface area contributed by atoms with Crippen LogP contribution in [0.25, 0.3) is 0 Å². The lowest BCUT2D eigenvalue weighted by molar-refractivity contribution is 0.405. The van der Waals surface area contributed by atoms with Gasteiger partial charge in [0.2, 0.25) is 0 Å². The SMILES string of the molecule is CNC(c1nc2c(s1)CCCC2)c1cc(Br)ccc1OC. The molecule has 112 valence electrons. The standard InChI is InChI=1S/C16H19BrN2OS/c1-18-15(11-9-10(17)7-8-13(11)20-2)16-19-12-5-3-4-6-14(12)21-16/h7-9,15,18H,3-6H2,1-2H3. The van der Waals surface area contributed by atoms with Crippen molar-refractivity contribution in [1.29, 1.82) is 0 Å². The van der Waals surface area contributed by atoms with Crippen LogP contribution >= 0.6 is 27.3 Å². The van der Waals surface area contributed by atoms with Crippen LogP contribution < -0.4 is 10.1 Å². The Morgan fingerprint density at radius 1 is 1.33 bits per heavy atom. The van der Waals surface area contributed by atoms with Gasteiger partial charge in [0.05, 0.1) is 18.8 Å². The van der Waals surface area contributed by atoms with Crippen molar-refractivity contribution in [1.82, 2.24) is 10.3 Å². The van der Waals surface area contributed by atoms with Gasteiger partial charge in [-0.05, 0) is 50.9 Å². The van der Waals surface area contributed by atoms with Crippen LogP contribution in [-0.2, 0) is 12.8 Å². The summed E-state index contributed by atoms with van der Waals surface area (Å²) >= 11 is 5.40. The van der Waals surface area contributed by atoms with Gasteiger partial charge in [-0.2, -0.15) is 0 Å². The molecule has 0 aliphatic heterocycles. The zero-order valence-electron chi connectivity index (χ0n) is 12.3. The minimum atomic E-state index is 0.0769. The number of nitrogens with zero attached hydrogens (tertiary/aromatic N) is 1. The number of fused-ring (bicyclic) bond motifs is 1. The van der Waals surface area contributed by atoms with Crippen LogP contribution in [0.3, 0.4) is 0 Å². The third-order valence-electron chi connectivity index (χ3n) is 3.90. The van der Waals surface area contributed by atoms with Crippen LogP contribution in [0.5, 0.6) is 5.75 Å². The molecule has 0 saturated carbocycles. The first-order chi connectivity index (χ1) is 10.2. The molecule has 3 nitrogen and oxygen atoms in total. The number of hydrogen-bond donors (Lipinski definition) is 1. The van der Waals surface area contributed by atoms with Gasteiger partial charge in [0.15, 0.2) is 0 Å². The summed E-state index contributed by atoms with van der Waals surface area (Å²) < 4.78 is 6.58.